The van der Waals surface area contributed by atoms with Gasteiger partial charge < -0.3 is 5.32 Å². The molecule has 0 fully saturated rings. The van der Waals surface area contributed by atoms with Crippen LogP contribution >= 0.6 is 12.4 Å². The summed E-state index contributed by atoms with van der Waals surface area (Å²) in [6.07, 6.45) is 3.60. The summed E-state index contributed by atoms with van der Waals surface area (Å²) in [5.41, 5.74) is 2.86. The molecule has 0 unspecified atom stereocenters. The number of aromatic nitrogens is 4. The van der Waals surface area contributed by atoms with Crippen molar-refractivity contribution < 1.29 is 0 Å². The first-order valence-electron chi connectivity index (χ1n) is 5.78. The Balaban J connectivity index is 0.00000133. The maximum absolute atomic E-state index is 4.47. The van der Waals surface area contributed by atoms with Gasteiger partial charge in [-0.15, -0.1) is 17.5 Å². The molecule has 0 aliphatic rings. The molecular formula is C13H14ClN5. The minimum Gasteiger partial charge on any atom is -0.363 e. The van der Waals surface area contributed by atoms with Crippen LogP contribution in [0.5, 0.6) is 0 Å². The second kappa shape index (κ2) is 5.67. The normalized spacial score (nSPS) is 10.2. The van der Waals surface area contributed by atoms with Gasteiger partial charge in [-0.3, -0.25) is 4.98 Å². The van der Waals surface area contributed by atoms with Gasteiger partial charge in [0.25, 0.3) is 0 Å². The highest BCUT2D eigenvalue weighted by Gasteiger charge is 2.01. The second-order valence-electron chi connectivity index (χ2n) is 4.06. The highest BCUT2D eigenvalue weighted by molar-refractivity contribution is 5.85. The lowest BCUT2D eigenvalue weighted by Gasteiger charge is -2.05. The van der Waals surface area contributed by atoms with Crippen molar-refractivity contribution in [2.24, 2.45) is 0 Å². The summed E-state index contributed by atoms with van der Waals surface area (Å²) in [7, 11) is 0. The fourth-order valence-corrected chi connectivity index (χ4v) is 1.77. The number of imidazole rings is 1. The first-order valence-corrected chi connectivity index (χ1v) is 5.78. The summed E-state index contributed by atoms with van der Waals surface area (Å²) in [5.74, 6) is 0.814. The first-order chi connectivity index (χ1) is 8.83. The van der Waals surface area contributed by atoms with Gasteiger partial charge in [0, 0.05) is 6.20 Å². The van der Waals surface area contributed by atoms with Crippen LogP contribution in [0.4, 0.5) is 5.82 Å². The lowest BCUT2D eigenvalue weighted by molar-refractivity contribution is 0.889. The molecule has 0 saturated carbocycles. The Kier molecular flexibility index (Phi) is 3.97. The van der Waals surface area contributed by atoms with Crippen LogP contribution in [0.1, 0.15) is 11.4 Å². The van der Waals surface area contributed by atoms with E-state index >= 15 is 0 Å². The Bertz CT molecular complexity index is 665. The van der Waals surface area contributed by atoms with Crippen molar-refractivity contribution in [3.63, 3.8) is 0 Å². The molecule has 0 saturated heterocycles. The average Bonchev–Trinajstić information content (AvgIpc) is 2.79. The Morgan fingerprint density at radius 1 is 1.16 bits per heavy atom. The third kappa shape index (κ3) is 2.82. The molecule has 0 atom stereocenters. The van der Waals surface area contributed by atoms with E-state index in [2.05, 4.69) is 20.4 Å². The molecule has 3 aromatic heterocycles. The van der Waals surface area contributed by atoms with Gasteiger partial charge >= 0.3 is 0 Å². The van der Waals surface area contributed by atoms with E-state index in [-0.39, 0.29) is 12.4 Å². The van der Waals surface area contributed by atoms with Crippen molar-refractivity contribution in [3.05, 3.63) is 54.1 Å². The molecular weight excluding hydrogens is 262 g/mol. The maximum Gasteiger partial charge on any atom is 0.153 e. The summed E-state index contributed by atoms with van der Waals surface area (Å²) in [4.78, 5) is 8.49. The Morgan fingerprint density at radius 2 is 2.05 bits per heavy atom. The van der Waals surface area contributed by atoms with Crippen LogP contribution in [0.25, 0.3) is 5.65 Å². The van der Waals surface area contributed by atoms with Gasteiger partial charge in [-0.25, -0.2) is 9.50 Å². The number of nitrogens with zero attached hydrogens (tertiary/aromatic N) is 4. The minimum absolute atomic E-state index is 0. The zero-order valence-electron chi connectivity index (χ0n) is 10.4. The Labute approximate surface area is 117 Å². The third-order valence-corrected chi connectivity index (χ3v) is 2.71. The van der Waals surface area contributed by atoms with Crippen LogP contribution in [0, 0.1) is 6.92 Å². The molecule has 3 heterocycles. The molecule has 5 nitrogen and oxygen atoms in total. The summed E-state index contributed by atoms with van der Waals surface area (Å²) in [6, 6.07) is 9.72. The van der Waals surface area contributed by atoms with E-state index in [0.29, 0.717) is 6.54 Å². The van der Waals surface area contributed by atoms with Crippen LogP contribution in [-0.4, -0.2) is 19.6 Å². The van der Waals surface area contributed by atoms with Gasteiger partial charge in [0.1, 0.15) is 5.82 Å². The number of halogens is 1. The lowest BCUT2D eigenvalue weighted by atomic mass is 10.3. The van der Waals surface area contributed by atoms with Crippen molar-refractivity contribution in [2.45, 2.75) is 13.5 Å². The van der Waals surface area contributed by atoms with Crippen molar-refractivity contribution >= 4 is 23.9 Å². The van der Waals surface area contributed by atoms with Crippen LogP contribution < -0.4 is 5.32 Å². The fourth-order valence-electron chi connectivity index (χ4n) is 1.77. The number of rotatable bonds is 3. The molecule has 1 N–H and O–H groups in total. The van der Waals surface area contributed by atoms with E-state index in [9.17, 15) is 0 Å². The molecule has 3 aromatic rings. The predicted molar refractivity (Wildman–Crippen MR) is 76.5 cm³/mol. The van der Waals surface area contributed by atoms with Gasteiger partial charge in [0.15, 0.2) is 5.65 Å². The zero-order chi connectivity index (χ0) is 12.4. The van der Waals surface area contributed by atoms with Crippen LogP contribution in [0.15, 0.2) is 42.7 Å². The molecule has 0 amide bonds. The van der Waals surface area contributed by atoms with Gasteiger partial charge in [-0.1, -0.05) is 6.07 Å². The fraction of sp³-hybridized carbons (Fsp3) is 0.154. The lowest BCUT2D eigenvalue weighted by Crippen LogP contribution is -2.05. The van der Waals surface area contributed by atoms with Crippen LogP contribution in [0.2, 0.25) is 0 Å². The molecule has 0 bridgehead atoms. The molecule has 98 valence electrons. The predicted octanol–water partition coefficient (Wildman–Crippen LogP) is 2.47. The van der Waals surface area contributed by atoms with E-state index in [4.69, 9.17) is 0 Å². The molecule has 0 spiro atoms. The van der Waals surface area contributed by atoms with Gasteiger partial charge in [-0.2, -0.15) is 0 Å². The van der Waals surface area contributed by atoms with Crippen molar-refractivity contribution in [2.75, 3.05) is 5.32 Å². The average molecular weight is 276 g/mol. The highest BCUT2D eigenvalue weighted by atomic mass is 35.5. The van der Waals surface area contributed by atoms with Gasteiger partial charge in [0.05, 0.1) is 24.1 Å². The van der Waals surface area contributed by atoms with Crippen LogP contribution in [-0.2, 0) is 6.54 Å². The Hall–Kier alpha value is -2.14. The van der Waals surface area contributed by atoms with Gasteiger partial charge in [0.2, 0.25) is 0 Å². The number of aryl methyl sites for hydroxylation is 1. The summed E-state index contributed by atoms with van der Waals surface area (Å²) in [6.45, 7) is 2.64. The van der Waals surface area contributed by atoms with Gasteiger partial charge in [-0.05, 0) is 31.2 Å². The van der Waals surface area contributed by atoms with E-state index < -0.39 is 0 Å². The van der Waals surface area contributed by atoms with Crippen molar-refractivity contribution in [3.8, 4) is 0 Å². The molecule has 0 aromatic carbocycles. The molecule has 19 heavy (non-hydrogen) atoms. The first kappa shape index (κ1) is 13.3. The zero-order valence-corrected chi connectivity index (χ0v) is 11.3. The number of fused-ring (bicyclic) bond motifs is 1. The van der Waals surface area contributed by atoms with Crippen molar-refractivity contribution in [1.82, 2.24) is 19.6 Å². The number of anilines is 1. The van der Waals surface area contributed by atoms with Crippen molar-refractivity contribution in [1.29, 1.82) is 0 Å². The third-order valence-electron chi connectivity index (χ3n) is 2.71. The van der Waals surface area contributed by atoms with E-state index in [1.165, 1.54) is 0 Å². The standard InChI is InChI=1S/C13H13N5.ClH/c1-10-8-16-13-6-5-12(17-18(10)13)15-9-11-4-2-3-7-14-11;/h2-8H,9H2,1H3,(H,15,17);1H. The highest BCUT2D eigenvalue weighted by Crippen LogP contribution is 2.09. The van der Waals surface area contributed by atoms with Crippen LogP contribution in [0.3, 0.4) is 0 Å². The molecule has 6 heteroatoms. The SMILES string of the molecule is Cc1cnc2ccc(NCc3ccccn3)nn12.Cl. The quantitative estimate of drug-likeness (QED) is 0.798. The van der Waals surface area contributed by atoms with E-state index in [1.807, 2.05) is 48.0 Å². The number of pyridine rings is 1. The monoisotopic (exact) mass is 275 g/mol. The summed E-state index contributed by atoms with van der Waals surface area (Å²) in [5, 5.41) is 7.71. The second-order valence-corrected chi connectivity index (χ2v) is 4.06. The number of hydrogen-bond donors (Lipinski definition) is 1. The largest absolute Gasteiger partial charge is 0.363 e. The van der Waals surface area contributed by atoms with E-state index in [0.717, 1.165) is 22.9 Å². The molecule has 0 aliphatic carbocycles. The number of nitrogens with one attached hydrogen (secondary N) is 1. The summed E-state index contributed by atoms with van der Waals surface area (Å²) < 4.78 is 1.82. The Morgan fingerprint density at radius 3 is 2.84 bits per heavy atom. The van der Waals surface area contributed by atoms with E-state index in [1.54, 1.807) is 6.20 Å². The molecule has 0 radical (unpaired) electrons. The smallest absolute Gasteiger partial charge is 0.153 e. The minimum atomic E-state index is 0. The molecule has 3 rings (SSSR count). The number of hydrogen-bond acceptors (Lipinski definition) is 4. The topological polar surface area (TPSA) is 55.1 Å². The maximum atomic E-state index is 4.47. The molecule has 0 aliphatic heterocycles. The summed E-state index contributed by atoms with van der Waals surface area (Å²) >= 11 is 0.